The number of allylic oxidation sites excluding steroid dienone is 1. The van der Waals surface area contributed by atoms with Crippen LogP contribution in [0.3, 0.4) is 0 Å². The summed E-state index contributed by atoms with van der Waals surface area (Å²) in [5.41, 5.74) is 1.34. The molecule has 1 fully saturated rings. The number of nitrogens with one attached hydrogen (secondary N) is 2. The smallest absolute Gasteiger partial charge is 0.224 e. The van der Waals surface area contributed by atoms with Gasteiger partial charge in [-0.3, -0.25) is 4.79 Å². The van der Waals surface area contributed by atoms with Gasteiger partial charge in [-0.1, -0.05) is 11.6 Å². The normalized spacial score (nSPS) is 25.2. The van der Waals surface area contributed by atoms with Crippen molar-refractivity contribution in [3.8, 4) is 0 Å². The highest BCUT2D eigenvalue weighted by Gasteiger charge is 2.14. The van der Waals surface area contributed by atoms with E-state index in [2.05, 4.69) is 16.7 Å². The Morgan fingerprint density at radius 1 is 1.41 bits per heavy atom. The van der Waals surface area contributed by atoms with Gasteiger partial charge in [-0.25, -0.2) is 0 Å². The number of hydrogen-bond acceptors (Lipinski definition) is 2. The Morgan fingerprint density at radius 2 is 2.35 bits per heavy atom. The average Bonchev–Trinajstić information content (AvgIpc) is 2.39. The van der Waals surface area contributed by atoms with Crippen molar-refractivity contribution in [1.82, 2.24) is 10.6 Å². The monoisotopic (exact) mass is 236 g/mol. The Labute approximate surface area is 104 Å². The van der Waals surface area contributed by atoms with Crippen LogP contribution in [0.5, 0.6) is 0 Å². The molecule has 17 heavy (non-hydrogen) atoms. The van der Waals surface area contributed by atoms with E-state index in [0.29, 0.717) is 12.3 Å². The number of amides is 1. The first kappa shape index (κ1) is 12.6. The zero-order chi connectivity index (χ0) is 11.9. The summed E-state index contributed by atoms with van der Waals surface area (Å²) in [6, 6.07) is 0. The summed E-state index contributed by atoms with van der Waals surface area (Å²) >= 11 is 0. The van der Waals surface area contributed by atoms with Crippen molar-refractivity contribution in [3.05, 3.63) is 11.6 Å². The molecule has 3 heteroatoms. The second-order valence-electron chi connectivity index (χ2n) is 5.30. The summed E-state index contributed by atoms with van der Waals surface area (Å²) < 4.78 is 0. The highest BCUT2D eigenvalue weighted by molar-refractivity contribution is 5.78. The minimum atomic E-state index is 0.212. The van der Waals surface area contributed by atoms with Crippen molar-refractivity contribution in [2.45, 2.75) is 44.9 Å². The van der Waals surface area contributed by atoms with Crippen molar-refractivity contribution in [3.63, 3.8) is 0 Å². The van der Waals surface area contributed by atoms with Gasteiger partial charge in [-0.2, -0.15) is 0 Å². The minimum absolute atomic E-state index is 0.212. The topological polar surface area (TPSA) is 41.1 Å². The number of rotatable bonds is 4. The molecule has 2 rings (SSSR count). The van der Waals surface area contributed by atoms with Crippen LogP contribution in [0.15, 0.2) is 11.6 Å². The third-order valence-corrected chi connectivity index (χ3v) is 3.76. The maximum atomic E-state index is 11.8. The Bertz CT molecular complexity index is 280. The Kier molecular flexibility index (Phi) is 5.05. The Morgan fingerprint density at radius 3 is 3.06 bits per heavy atom. The summed E-state index contributed by atoms with van der Waals surface area (Å²) in [6.07, 6.45) is 10.2. The average molecular weight is 236 g/mol. The Hall–Kier alpha value is -0.830. The molecule has 2 aliphatic rings. The maximum absolute atomic E-state index is 11.8. The molecule has 3 nitrogen and oxygen atoms in total. The van der Waals surface area contributed by atoms with Crippen molar-refractivity contribution in [1.29, 1.82) is 0 Å². The van der Waals surface area contributed by atoms with Gasteiger partial charge < -0.3 is 10.6 Å². The lowest BCUT2D eigenvalue weighted by Gasteiger charge is -2.23. The largest absolute Gasteiger partial charge is 0.355 e. The van der Waals surface area contributed by atoms with E-state index in [1.165, 1.54) is 31.3 Å². The number of carbonyl (C=O) groups is 1. The van der Waals surface area contributed by atoms with Gasteiger partial charge in [-0.05, 0) is 57.5 Å². The summed E-state index contributed by atoms with van der Waals surface area (Å²) in [5, 5.41) is 6.46. The van der Waals surface area contributed by atoms with Gasteiger partial charge in [0.25, 0.3) is 0 Å². The molecule has 2 N–H and O–H groups in total. The van der Waals surface area contributed by atoms with E-state index in [9.17, 15) is 4.79 Å². The molecule has 1 heterocycles. The number of carbonyl (C=O) groups excluding carboxylic acids is 1. The molecule has 96 valence electrons. The first-order valence-corrected chi connectivity index (χ1v) is 7.00. The molecule has 1 amide bonds. The quantitative estimate of drug-likeness (QED) is 0.733. The molecule has 1 aliphatic heterocycles. The molecule has 0 aromatic rings. The molecule has 1 aliphatic carbocycles. The third kappa shape index (κ3) is 4.50. The minimum Gasteiger partial charge on any atom is -0.355 e. The summed E-state index contributed by atoms with van der Waals surface area (Å²) in [4.78, 5) is 11.8. The number of hydrogen-bond donors (Lipinski definition) is 2. The summed E-state index contributed by atoms with van der Waals surface area (Å²) in [5.74, 6) is 0.844. The molecular formula is C14H24N2O. The van der Waals surface area contributed by atoms with Gasteiger partial charge in [0.15, 0.2) is 0 Å². The fourth-order valence-electron chi connectivity index (χ4n) is 2.69. The van der Waals surface area contributed by atoms with Crippen molar-refractivity contribution < 1.29 is 4.79 Å². The zero-order valence-electron chi connectivity index (χ0n) is 10.6. The van der Waals surface area contributed by atoms with Gasteiger partial charge in [0, 0.05) is 13.0 Å². The van der Waals surface area contributed by atoms with E-state index in [0.717, 1.165) is 32.5 Å². The molecule has 0 radical (unpaired) electrons. The van der Waals surface area contributed by atoms with E-state index >= 15 is 0 Å². The molecule has 0 bridgehead atoms. The molecule has 0 spiro atoms. The van der Waals surface area contributed by atoms with Crippen LogP contribution >= 0.6 is 0 Å². The fourth-order valence-corrected chi connectivity index (χ4v) is 2.69. The molecule has 1 unspecified atom stereocenters. The van der Waals surface area contributed by atoms with Crippen LogP contribution in [0.1, 0.15) is 44.9 Å². The molecular weight excluding hydrogens is 212 g/mol. The second kappa shape index (κ2) is 6.80. The van der Waals surface area contributed by atoms with E-state index in [1.807, 2.05) is 0 Å². The van der Waals surface area contributed by atoms with E-state index < -0.39 is 0 Å². The van der Waals surface area contributed by atoms with Gasteiger partial charge in [0.05, 0.1) is 0 Å². The van der Waals surface area contributed by atoms with E-state index in [-0.39, 0.29) is 5.91 Å². The van der Waals surface area contributed by atoms with E-state index in [1.54, 1.807) is 0 Å². The van der Waals surface area contributed by atoms with Crippen LogP contribution in [-0.4, -0.2) is 25.5 Å². The van der Waals surface area contributed by atoms with Crippen LogP contribution in [0.4, 0.5) is 0 Å². The first-order chi connectivity index (χ1) is 8.34. The van der Waals surface area contributed by atoms with E-state index in [4.69, 9.17) is 0 Å². The van der Waals surface area contributed by atoms with Gasteiger partial charge in [0.1, 0.15) is 0 Å². The molecule has 0 saturated carbocycles. The van der Waals surface area contributed by atoms with Gasteiger partial charge in [0.2, 0.25) is 5.91 Å². The summed E-state index contributed by atoms with van der Waals surface area (Å²) in [7, 11) is 0. The highest BCUT2D eigenvalue weighted by Crippen LogP contribution is 2.19. The molecule has 1 atom stereocenters. The summed E-state index contributed by atoms with van der Waals surface area (Å²) in [6.45, 7) is 3.04. The van der Waals surface area contributed by atoms with Gasteiger partial charge in [-0.15, -0.1) is 0 Å². The SMILES string of the molecule is O=C(CC1=CCCCC1)NCC1CCCNC1. The highest BCUT2D eigenvalue weighted by atomic mass is 16.1. The first-order valence-electron chi connectivity index (χ1n) is 7.00. The van der Waals surface area contributed by atoms with Crippen LogP contribution in [-0.2, 0) is 4.79 Å². The standard InChI is InChI=1S/C14H24N2O/c17-14(9-12-5-2-1-3-6-12)16-11-13-7-4-8-15-10-13/h5,13,15H,1-4,6-11H2,(H,16,17). The lowest BCUT2D eigenvalue weighted by atomic mass is 9.96. The fraction of sp³-hybridized carbons (Fsp3) is 0.786. The van der Waals surface area contributed by atoms with Crippen LogP contribution in [0.25, 0.3) is 0 Å². The second-order valence-corrected chi connectivity index (χ2v) is 5.30. The lowest BCUT2D eigenvalue weighted by molar-refractivity contribution is -0.120. The third-order valence-electron chi connectivity index (χ3n) is 3.76. The number of piperidine rings is 1. The van der Waals surface area contributed by atoms with Crippen molar-refractivity contribution in [2.24, 2.45) is 5.92 Å². The van der Waals surface area contributed by atoms with Crippen molar-refractivity contribution >= 4 is 5.91 Å². The Balaban J connectivity index is 1.64. The predicted molar refractivity (Wildman–Crippen MR) is 69.8 cm³/mol. The van der Waals surface area contributed by atoms with Crippen LogP contribution in [0.2, 0.25) is 0 Å². The van der Waals surface area contributed by atoms with Crippen LogP contribution in [0, 0.1) is 5.92 Å². The van der Waals surface area contributed by atoms with Crippen LogP contribution < -0.4 is 10.6 Å². The predicted octanol–water partition coefficient (Wildman–Crippen LogP) is 1.99. The van der Waals surface area contributed by atoms with Crippen molar-refractivity contribution in [2.75, 3.05) is 19.6 Å². The molecule has 1 saturated heterocycles. The van der Waals surface area contributed by atoms with Gasteiger partial charge >= 0.3 is 0 Å². The maximum Gasteiger partial charge on any atom is 0.224 e. The zero-order valence-corrected chi connectivity index (χ0v) is 10.6. The molecule has 0 aromatic heterocycles. The molecule has 0 aromatic carbocycles. The lowest BCUT2D eigenvalue weighted by Crippen LogP contribution is -2.38.